The number of piperazine rings is 2. The van der Waals surface area contributed by atoms with Crippen LogP contribution in [-0.2, 0) is 18.9 Å². The molecule has 0 unspecified atom stereocenters. The Morgan fingerprint density at radius 3 is 1.34 bits per heavy atom. The number of hydrogen-bond donors (Lipinski definition) is 2. The molecule has 0 saturated carbocycles. The average Bonchev–Trinajstić information content (AvgIpc) is 3.10. The first kappa shape index (κ1) is 48.8. The summed E-state index contributed by atoms with van der Waals surface area (Å²) in [7, 11) is 0. The van der Waals surface area contributed by atoms with Gasteiger partial charge < -0.3 is 54.2 Å². The molecule has 2 fully saturated rings. The molecule has 2 amide bonds. The van der Waals surface area contributed by atoms with Crippen molar-refractivity contribution in [2.45, 2.75) is 66.6 Å². The second kappa shape index (κ2) is 21.2. The molecule has 21 nitrogen and oxygen atoms in total. The summed E-state index contributed by atoms with van der Waals surface area (Å²) in [6.07, 6.45) is 1.46. The van der Waals surface area contributed by atoms with Crippen LogP contribution >= 0.6 is 0 Å². The van der Waals surface area contributed by atoms with Gasteiger partial charge in [0.25, 0.3) is 0 Å². The van der Waals surface area contributed by atoms with Crippen molar-refractivity contribution >= 4 is 48.0 Å². The number of hydrogen-bond acceptors (Lipinski definition) is 17. The van der Waals surface area contributed by atoms with Crippen molar-refractivity contribution in [3.63, 3.8) is 0 Å². The topological polar surface area (TPSA) is 274 Å². The molecular weight excluding hydrogens is 735 g/mol. The van der Waals surface area contributed by atoms with E-state index in [9.17, 15) is 28.8 Å². The molecule has 0 aliphatic carbocycles. The molecule has 2 aliphatic heterocycles. The van der Waals surface area contributed by atoms with Gasteiger partial charge in [-0.25, -0.2) is 48.7 Å². The summed E-state index contributed by atoms with van der Waals surface area (Å²) < 4.78 is 20.7. The molecule has 4 heterocycles. The summed E-state index contributed by atoms with van der Waals surface area (Å²) in [6.45, 7) is 17.7. The zero-order chi connectivity index (χ0) is 40.4. The van der Waals surface area contributed by atoms with Gasteiger partial charge in [-0.15, -0.1) is 0 Å². The largest absolute Gasteiger partial charge is 1.00 e. The monoisotopic (exact) mass is 784 g/mol. The first-order valence-electron chi connectivity index (χ1n) is 17.2. The van der Waals surface area contributed by atoms with Gasteiger partial charge in [-0.1, -0.05) is 0 Å². The second-order valence-corrected chi connectivity index (χ2v) is 13.8. The molecule has 0 spiro atoms. The van der Waals surface area contributed by atoms with E-state index in [1.807, 2.05) is 25.7 Å². The van der Waals surface area contributed by atoms with Crippen molar-refractivity contribution in [1.82, 2.24) is 29.7 Å². The van der Waals surface area contributed by atoms with Gasteiger partial charge in [0, 0.05) is 64.8 Å². The van der Waals surface area contributed by atoms with Crippen LogP contribution in [0.15, 0.2) is 12.4 Å². The molecule has 4 rings (SSSR count). The van der Waals surface area contributed by atoms with Gasteiger partial charge in [0.2, 0.25) is 11.9 Å². The van der Waals surface area contributed by atoms with Crippen molar-refractivity contribution in [1.29, 1.82) is 0 Å². The van der Waals surface area contributed by atoms with Gasteiger partial charge in [-0.2, -0.15) is 0 Å². The number of aromatic carboxylic acids is 2. The smallest absolute Gasteiger partial charge is 0.870 e. The summed E-state index contributed by atoms with van der Waals surface area (Å²) in [5, 5.41) is 18.1. The number of carboxylic acids is 2. The minimum atomic E-state index is -1.44. The molecule has 0 radical (unpaired) electrons. The van der Waals surface area contributed by atoms with Crippen LogP contribution in [-0.4, -0.2) is 158 Å². The summed E-state index contributed by atoms with van der Waals surface area (Å²) in [5.41, 5.74) is -2.35. The Labute approximate surface area is 336 Å². The second-order valence-electron chi connectivity index (χ2n) is 13.8. The number of ether oxygens (including phenoxy) is 4. The maximum atomic E-state index is 12.3. The minimum absolute atomic E-state index is 0. The summed E-state index contributed by atoms with van der Waals surface area (Å²) >= 11 is 0. The molecule has 0 bridgehead atoms. The van der Waals surface area contributed by atoms with Crippen LogP contribution in [0.3, 0.4) is 0 Å². The number of esters is 2. The summed E-state index contributed by atoms with van der Waals surface area (Å²) in [6, 6.07) is 0. The fraction of sp³-hybridized carbons (Fsp3) is 0.588. The van der Waals surface area contributed by atoms with Crippen molar-refractivity contribution in [2.75, 3.05) is 75.4 Å². The van der Waals surface area contributed by atoms with E-state index in [-0.39, 0.29) is 66.8 Å². The fourth-order valence-electron chi connectivity index (χ4n) is 4.91. The van der Waals surface area contributed by atoms with Gasteiger partial charge in [0.05, 0.1) is 13.2 Å². The number of carbonyl (C=O) groups excluding carboxylic acids is 4. The Balaban J connectivity index is 0.000000546. The predicted octanol–water partition coefficient (Wildman–Crippen LogP) is -0.356. The average molecular weight is 785 g/mol. The molecular formula is C34H49LiN8O13. The molecule has 2 aromatic heterocycles. The Bertz CT molecular complexity index is 1700. The van der Waals surface area contributed by atoms with Gasteiger partial charge in [-0.3, -0.25) is 0 Å². The Hall–Kier alpha value is -5.26. The first-order chi connectivity index (χ1) is 25.2. The fourth-order valence-corrected chi connectivity index (χ4v) is 4.91. The number of aromatic nitrogens is 4. The maximum absolute atomic E-state index is 12.3. The van der Waals surface area contributed by atoms with E-state index >= 15 is 0 Å². The number of amides is 2. The van der Waals surface area contributed by atoms with E-state index in [1.54, 1.807) is 49.3 Å². The third kappa shape index (κ3) is 14.1. The van der Waals surface area contributed by atoms with Crippen LogP contribution < -0.4 is 28.7 Å². The Kier molecular flexibility index (Phi) is 18.4. The quantitative estimate of drug-likeness (QED) is 0.196. The number of nitrogens with zero attached hydrogens (tertiary/aromatic N) is 8. The Morgan fingerprint density at radius 1 is 0.607 bits per heavy atom. The van der Waals surface area contributed by atoms with E-state index in [1.165, 1.54) is 6.20 Å². The molecule has 56 heavy (non-hydrogen) atoms. The molecule has 0 atom stereocenters. The number of anilines is 2. The molecule has 2 saturated heterocycles. The van der Waals surface area contributed by atoms with E-state index in [4.69, 9.17) is 29.2 Å². The van der Waals surface area contributed by atoms with Crippen LogP contribution in [0.2, 0.25) is 0 Å². The normalized spacial score (nSPS) is 14.1. The van der Waals surface area contributed by atoms with Crippen LogP contribution in [0.5, 0.6) is 0 Å². The van der Waals surface area contributed by atoms with Crippen LogP contribution in [0.25, 0.3) is 0 Å². The molecule has 0 aromatic carbocycles. The Morgan fingerprint density at radius 2 is 0.982 bits per heavy atom. The standard InChI is InChI=1S/C19H28N4O6.C15H20N4O6.Li.H2O/c1-6-27-15(24)13-12-20-17(21-14(13)16(25)28-7-2)22-8-10-23(11-9-22)18(26)29-19(3,4)5;1-15(2,3)25-14(24)19-6-4-18(5-7-19)13-16-8-9(11(20)21)10(17-13)12(22)23;;/h12H,6-11H2,1-5H3;8H,4-7H2,1-3H3,(H,20,21)(H,22,23);;1H2/q;;+1;/p-1. The van der Waals surface area contributed by atoms with Crippen molar-refractivity contribution in [3.05, 3.63) is 34.9 Å². The SMILES string of the molecule is CC(C)(C)OC(=O)N1CCN(c2ncc(C(=O)O)c(C(=O)O)n2)CC1.CCOC(=O)c1cnc(N2CCN(C(=O)OC(C)(C)C)CC2)nc1C(=O)OCC.[Li+].[OH-]. The maximum Gasteiger partial charge on any atom is 1.00 e. The molecule has 304 valence electrons. The molecule has 22 heteroatoms. The van der Waals surface area contributed by atoms with Gasteiger partial charge in [0.15, 0.2) is 11.4 Å². The van der Waals surface area contributed by atoms with E-state index < -0.39 is 52.4 Å². The van der Waals surface area contributed by atoms with Gasteiger partial charge in [-0.05, 0) is 55.4 Å². The zero-order valence-electron chi connectivity index (χ0n) is 33.2. The summed E-state index contributed by atoms with van der Waals surface area (Å²) in [5.74, 6) is -3.84. The van der Waals surface area contributed by atoms with E-state index in [2.05, 4.69) is 19.9 Å². The van der Waals surface area contributed by atoms with Gasteiger partial charge >= 0.3 is 54.9 Å². The number of carbonyl (C=O) groups is 6. The first-order valence-corrected chi connectivity index (χ1v) is 17.2. The number of rotatable bonds is 8. The van der Waals surface area contributed by atoms with Crippen LogP contribution in [0.4, 0.5) is 21.5 Å². The van der Waals surface area contributed by atoms with Crippen LogP contribution in [0.1, 0.15) is 97.1 Å². The third-order valence-electron chi connectivity index (χ3n) is 7.38. The van der Waals surface area contributed by atoms with Crippen molar-refractivity contribution in [2.24, 2.45) is 0 Å². The molecule has 2 aliphatic rings. The minimum Gasteiger partial charge on any atom is -0.870 e. The van der Waals surface area contributed by atoms with Crippen LogP contribution in [0, 0.1) is 0 Å². The van der Waals surface area contributed by atoms with E-state index in [0.29, 0.717) is 52.4 Å². The third-order valence-corrected chi connectivity index (χ3v) is 7.38. The molecule has 2 aromatic rings. The zero-order valence-corrected chi connectivity index (χ0v) is 33.2. The number of carboxylic acid groups (broad SMARTS) is 2. The molecule has 3 N–H and O–H groups in total. The van der Waals surface area contributed by atoms with Crippen molar-refractivity contribution in [3.8, 4) is 0 Å². The van der Waals surface area contributed by atoms with E-state index in [0.717, 1.165) is 6.20 Å². The van der Waals surface area contributed by atoms with Crippen molar-refractivity contribution < 1.29 is 82.3 Å². The van der Waals surface area contributed by atoms with Gasteiger partial charge in [0.1, 0.15) is 22.3 Å². The summed E-state index contributed by atoms with van der Waals surface area (Å²) in [4.78, 5) is 93.8. The predicted molar refractivity (Wildman–Crippen MR) is 192 cm³/mol.